The molecule has 210 valence electrons. The highest BCUT2D eigenvalue weighted by atomic mass is 35.5. The Morgan fingerprint density at radius 2 is 1.82 bits per heavy atom. The second kappa shape index (κ2) is 10.7. The van der Waals surface area contributed by atoms with Gasteiger partial charge in [0.1, 0.15) is 12.2 Å². The van der Waals surface area contributed by atoms with Gasteiger partial charge in [0.25, 0.3) is 5.56 Å². The van der Waals surface area contributed by atoms with Crippen LogP contribution in [0.1, 0.15) is 36.6 Å². The number of carbonyl (C=O) groups excluding carboxylic acids is 1. The molecule has 1 aromatic carbocycles. The molecule has 0 spiro atoms. The summed E-state index contributed by atoms with van der Waals surface area (Å²) in [6.45, 7) is 7.39. The van der Waals surface area contributed by atoms with Gasteiger partial charge in [0, 0.05) is 45.0 Å². The van der Waals surface area contributed by atoms with E-state index in [0.29, 0.717) is 49.9 Å². The molecule has 0 atom stereocenters. The van der Waals surface area contributed by atoms with Gasteiger partial charge in [-0.25, -0.2) is 0 Å². The molecular weight excluding hydrogens is 537 g/mol. The first kappa shape index (κ1) is 27.3. The summed E-state index contributed by atoms with van der Waals surface area (Å²) >= 11 is 5.90. The number of hydrogen-bond acceptors (Lipinski definition) is 7. The number of carbonyl (C=O) groups is 1. The van der Waals surface area contributed by atoms with Crippen molar-refractivity contribution in [1.82, 2.24) is 24.5 Å². The maximum Gasteiger partial charge on any atom is 0.417 e. The summed E-state index contributed by atoms with van der Waals surface area (Å²) in [6, 6.07) is 2.02. The zero-order valence-electron chi connectivity index (χ0n) is 21.7. The van der Waals surface area contributed by atoms with E-state index >= 15 is 0 Å². The predicted octanol–water partition coefficient (Wildman–Crippen LogP) is 3.08. The quantitative estimate of drug-likeness (QED) is 0.473. The fraction of sp³-hybridized carbons (Fsp3) is 0.520. The van der Waals surface area contributed by atoms with Crippen LogP contribution >= 0.6 is 11.6 Å². The molecule has 3 aromatic rings. The third-order valence-corrected chi connectivity index (χ3v) is 7.48. The number of amides is 1. The molecular formula is C25H30ClF3N8O2. The highest BCUT2D eigenvalue weighted by Crippen LogP contribution is 2.37. The van der Waals surface area contributed by atoms with Crippen LogP contribution in [0.2, 0.25) is 5.02 Å². The van der Waals surface area contributed by atoms with Gasteiger partial charge in [-0.15, -0.1) is 5.10 Å². The number of nitrogens with zero attached hydrogens (tertiary/aromatic N) is 6. The van der Waals surface area contributed by atoms with Gasteiger partial charge in [0.05, 0.1) is 16.3 Å². The van der Waals surface area contributed by atoms with E-state index < -0.39 is 22.7 Å². The minimum absolute atomic E-state index is 0.176. The number of aryl methyl sites for hydroxylation is 1. The molecule has 1 amide bonds. The van der Waals surface area contributed by atoms with Crippen molar-refractivity contribution < 1.29 is 18.0 Å². The standard InChI is InChI=1S/C25H30ClF3N8O2/c1-3-19-21(34-10-6-30-7-11-34)22(39)37-24(32-23(33-37)35-8-4-5-9-35)36(19)14-20(38)31-18-13-17(26)16(12-15(18)2)25(27,28)29/h12-13,30H,3-11,14H2,1-2H3,(H,31,38). The van der Waals surface area contributed by atoms with Gasteiger partial charge in [-0.3, -0.25) is 9.59 Å². The van der Waals surface area contributed by atoms with E-state index in [4.69, 9.17) is 11.6 Å². The Balaban J connectivity index is 1.56. The molecule has 2 aliphatic heterocycles. The molecule has 0 unspecified atom stereocenters. The summed E-state index contributed by atoms with van der Waals surface area (Å²) in [5, 5.41) is 10.0. The maximum absolute atomic E-state index is 13.7. The van der Waals surface area contributed by atoms with Gasteiger partial charge < -0.3 is 25.0 Å². The summed E-state index contributed by atoms with van der Waals surface area (Å²) in [7, 11) is 0. The lowest BCUT2D eigenvalue weighted by molar-refractivity contribution is -0.137. The smallest absolute Gasteiger partial charge is 0.363 e. The fourth-order valence-corrected chi connectivity index (χ4v) is 5.50. The average molecular weight is 567 g/mol. The second-order valence-corrected chi connectivity index (χ2v) is 10.2. The van der Waals surface area contributed by atoms with Gasteiger partial charge >= 0.3 is 6.18 Å². The van der Waals surface area contributed by atoms with Gasteiger partial charge in [0.2, 0.25) is 17.6 Å². The molecule has 4 heterocycles. The van der Waals surface area contributed by atoms with E-state index in [1.807, 2.05) is 16.7 Å². The summed E-state index contributed by atoms with van der Waals surface area (Å²) in [6.07, 6.45) is -2.15. The van der Waals surface area contributed by atoms with E-state index in [9.17, 15) is 22.8 Å². The molecule has 2 N–H and O–H groups in total. The zero-order chi connectivity index (χ0) is 27.9. The SMILES string of the molecule is CCc1c(N2CCNCC2)c(=O)n2nc(N3CCCC3)nc2n1CC(=O)Nc1cc(Cl)c(C(F)(F)F)cc1C. The number of halogens is 4. The molecule has 2 aromatic heterocycles. The molecule has 0 bridgehead atoms. The van der Waals surface area contributed by atoms with Crippen LogP contribution in [0.3, 0.4) is 0 Å². The number of benzene rings is 1. The van der Waals surface area contributed by atoms with Crippen molar-refractivity contribution in [2.24, 2.45) is 0 Å². The molecule has 14 heteroatoms. The third-order valence-electron chi connectivity index (χ3n) is 7.17. The Bertz CT molecular complexity index is 1460. The van der Waals surface area contributed by atoms with Crippen molar-refractivity contribution in [3.8, 4) is 0 Å². The molecule has 39 heavy (non-hydrogen) atoms. The van der Waals surface area contributed by atoms with Gasteiger partial charge in [-0.1, -0.05) is 18.5 Å². The van der Waals surface area contributed by atoms with Crippen molar-refractivity contribution in [3.63, 3.8) is 0 Å². The van der Waals surface area contributed by atoms with E-state index in [-0.39, 0.29) is 29.1 Å². The average Bonchev–Trinajstić information content (AvgIpc) is 3.58. The van der Waals surface area contributed by atoms with Crippen LogP contribution in [0.25, 0.3) is 5.78 Å². The van der Waals surface area contributed by atoms with Crippen molar-refractivity contribution in [2.75, 3.05) is 54.4 Å². The van der Waals surface area contributed by atoms with Gasteiger partial charge in [0.15, 0.2) is 0 Å². The Hall–Kier alpha value is -3.32. The topological polar surface area (TPSA) is 99.8 Å². The third kappa shape index (κ3) is 5.29. The minimum atomic E-state index is -4.61. The molecule has 2 fully saturated rings. The molecule has 0 radical (unpaired) electrons. The normalized spacial score (nSPS) is 16.4. The molecule has 2 saturated heterocycles. The molecule has 2 aliphatic rings. The summed E-state index contributed by atoms with van der Waals surface area (Å²) in [5.41, 5.74) is 0.270. The number of nitrogens with one attached hydrogen (secondary N) is 2. The van der Waals surface area contributed by atoms with Gasteiger partial charge in [-0.2, -0.15) is 22.7 Å². The molecule has 0 saturated carbocycles. The number of anilines is 3. The number of alkyl halides is 3. The highest BCUT2D eigenvalue weighted by molar-refractivity contribution is 6.31. The van der Waals surface area contributed by atoms with Crippen LogP contribution < -0.4 is 26.0 Å². The van der Waals surface area contributed by atoms with Crippen molar-refractivity contribution in [2.45, 2.75) is 45.8 Å². The first-order valence-corrected chi connectivity index (χ1v) is 13.4. The largest absolute Gasteiger partial charge is 0.417 e. The Labute approximate surface area is 227 Å². The van der Waals surface area contributed by atoms with Crippen molar-refractivity contribution in [1.29, 1.82) is 0 Å². The second-order valence-electron chi connectivity index (χ2n) is 9.79. The van der Waals surface area contributed by atoms with Crippen LogP contribution in [0, 0.1) is 6.92 Å². The van der Waals surface area contributed by atoms with Crippen LogP contribution in [0.15, 0.2) is 16.9 Å². The predicted molar refractivity (Wildman–Crippen MR) is 143 cm³/mol. The van der Waals surface area contributed by atoms with Crippen molar-refractivity contribution in [3.05, 3.63) is 44.3 Å². The first-order chi connectivity index (χ1) is 18.6. The molecule has 0 aliphatic carbocycles. The summed E-state index contributed by atoms with van der Waals surface area (Å²) < 4.78 is 42.7. The number of hydrogen-bond donors (Lipinski definition) is 2. The van der Waals surface area contributed by atoms with E-state index in [2.05, 4.69) is 20.7 Å². The maximum atomic E-state index is 13.7. The highest BCUT2D eigenvalue weighted by Gasteiger charge is 2.34. The Kier molecular flexibility index (Phi) is 7.47. The number of rotatable bonds is 6. The lowest BCUT2D eigenvalue weighted by Gasteiger charge is -2.31. The van der Waals surface area contributed by atoms with Crippen LogP contribution in [0.5, 0.6) is 0 Å². The van der Waals surface area contributed by atoms with Crippen LogP contribution in [0.4, 0.5) is 30.5 Å². The van der Waals surface area contributed by atoms with Crippen LogP contribution in [-0.2, 0) is 23.9 Å². The first-order valence-electron chi connectivity index (χ1n) is 13.0. The fourth-order valence-electron chi connectivity index (χ4n) is 5.23. The lowest BCUT2D eigenvalue weighted by atomic mass is 10.1. The van der Waals surface area contributed by atoms with Gasteiger partial charge in [-0.05, 0) is 43.9 Å². The summed E-state index contributed by atoms with van der Waals surface area (Å²) in [5.74, 6) is 0.185. The number of fused-ring (bicyclic) bond motifs is 1. The van der Waals surface area contributed by atoms with E-state index in [0.717, 1.165) is 38.1 Å². The monoisotopic (exact) mass is 566 g/mol. The minimum Gasteiger partial charge on any atom is -0.363 e. The lowest BCUT2D eigenvalue weighted by Crippen LogP contribution is -2.47. The van der Waals surface area contributed by atoms with E-state index in [1.165, 1.54) is 11.4 Å². The zero-order valence-corrected chi connectivity index (χ0v) is 22.5. The molecule has 10 nitrogen and oxygen atoms in total. The Morgan fingerprint density at radius 3 is 2.46 bits per heavy atom. The number of aromatic nitrogens is 4. The summed E-state index contributed by atoms with van der Waals surface area (Å²) in [4.78, 5) is 35.7. The van der Waals surface area contributed by atoms with Crippen molar-refractivity contribution >= 4 is 40.6 Å². The Morgan fingerprint density at radius 1 is 1.13 bits per heavy atom. The van der Waals surface area contributed by atoms with Crippen LogP contribution in [-0.4, -0.2) is 64.3 Å². The van der Waals surface area contributed by atoms with E-state index in [1.54, 1.807) is 4.57 Å². The number of piperazine rings is 1. The molecule has 5 rings (SSSR count).